The first kappa shape index (κ1) is 76.1. The SMILES string of the molecule is CCCCC/C=C\C/C=C\CCCCCCCCCCCC(=O)OCCCCCCCCCCCCCCCCCCCCCCCCCCCC(=O)NC(CO)C(O)/C=C/CCCCCCCCCCCCCCCCC. The van der Waals surface area contributed by atoms with E-state index in [2.05, 4.69) is 43.5 Å². The van der Waals surface area contributed by atoms with Crippen molar-refractivity contribution in [2.75, 3.05) is 13.2 Å². The lowest BCUT2D eigenvalue weighted by atomic mass is 10.0. The maximum absolute atomic E-state index is 12.5. The van der Waals surface area contributed by atoms with Gasteiger partial charge in [0, 0.05) is 12.8 Å². The lowest BCUT2D eigenvalue weighted by molar-refractivity contribution is -0.143. The van der Waals surface area contributed by atoms with Gasteiger partial charge in [0.1, 0.15) is 0 Å². The molecule has 0 aliphatic heterocycles. The predicted octanol–water partition coefficient (Wildman–Crippen LogP) is 22.7. The van der Waals surface area contributed by atoms with Crippen molar-refractivity contribution in [1.29, 1.82) is 0 Å². The van der Waals surface area contributed by atoms with Gasteiger partial charge < -0.3 is 20.3 Å². The summed E-state index contributed by atoms with van der Waals surface area (Å²) in [6.45, 7) is 4.91. The van der Waals surface area contributed by atoms with E-state index in [0.717, 1.165) is 51.4 Å². The number of unbranched alkanes of at least 4 members (excludes halogenated alkanes) is 51. The highest BCUT2D eigenvalue weighted by Crippen LogP contribution is 2.19. The van der Waals surface area contributed by atoms with Crippen LogP contribution in [0.3, 0.4) is 0 Å². The normalized spacial score (nSPS) is 12.7. The van der Waals surface area contributed by atoms with Crippen molar-refractivity contribution in [3.8, 4) is 0 Å². The Morgan fingerprint density at radius 2 is 0.641 bits per heavy atom. The van der Waals surface area contributed by atoms with E-state index in [1.165, 1.54) is 308 Å². The van der Waals surface area contributed by atoms with Crippen molar-refractivity contribution < 1.29 is 24.5 Å². The molecule has 1 amide bonds. The molecule has 6 nitrogen and oxygen atoms in total. The molecule has 0 aromatic rings. The average molecular weight is 1100 g/mol. The molecule has 0 saturated heterocycles. The van der Waals surface area contributed by atoms with Crippen LogP contribution in [0.5, 0.6) is 0 Å². The number of carbonyl (C=O) groups is 2. The molecule has 3 N–H and O–H groups in total. The third kappa shape index (κ3) is 63.3. The van der Waals surface area contributed by atoms with Gasteiger partial charge >= 0.3 is 5.97 Å². The zero-order chi connectivity index (χ0) is 56.4. The van der Waals surface area contributed by atoms with Gasteiger partial charge in [0.2, 0.25) is 5.91 Å². The van der Waals surface area contributed by atoms with E-state index in [0.29, 0.717) is 19.4 Å². The monoisotopic (exact) mass is 1100 g/mol. The quantitative estimate of drug-likeness (QED) is 0.0320. The summed E-state index contributed by atoms with van der Waals surface area (Å²) in [5.74, 6) is -0.0508. The van der Waals surface area contributed by atoms with Gasteiger partial charge in [0.25, 0.3) is 0 Å². The van der Waals surface area contributed by atoms with Gasteiger partial charge in [-0.05, 0) is 64.2 Å². The molecule has 460 valence electrons. The second kappa shape index (κ2) is 67.6. The molecule has 0 fully saturated rings. The second-order valence-electron chi connectivity index (χ2n) is 24.2. The zero-order valence-corrected chi connectivity index (χ0v) is 52.7. The van der Waals surface area contributed by atoms with Crippen LogP contribution < -0.4 is 5.32 Å². The van der Waals surface area contributed by atoms with Crippen LogP contribution in [0.25, 0.3) is 0 Å². The fraction of sp³-hybridized carbons (Fsp3) is 0.889. The molecule has 0 spiro atoms. The Kier molecular flexibility index (Phi) is 65.9. The third-order valence-corrected chi connectivity index (χ3v) is 16.4. The molecule has 78 heavy (non-hydrogen) atoms. The van der Waals surface area contributed by atoms with Crippen molar-refractivity contribution in [3.05, 3.63) is 36.5 Å². The Morgan fingerprint density at radius 1 is 0.359 bits per heavy atom. The van der Waals surface area contributed by atoms with Crippen molar-refractivity contribution >= 4 is 11.9 Å². The molecule has 0 rings (SSSR count). The first-order valence-corrected chi connectivity index (χ1v) is 35.3. The number of hydrogen-bond donors (Lipinski definition) is 3. The van der Waals surface area contributed by atoms with Crippen molar-refractivity contribution in [1.82, 2.24) is 5.32 Å². The highest BCUT2D eigenvalue weighted by atomic mass is 16.5. The number of rotatable bonds is 66. The lowest BCUT2D eigenvalue weighted by Crippen LogP contribution is -2.45. The van der Waals surface area contributed by atoms with Gasteiger partial charge in [-0.25, -0.2) is 0 Å². The van der Waals surface area contributed by atoms with Crippen LogP contribution in [0.2, 0.25) is 0 Å². The fourth-order valence-electron chi connectivity index (χ4n) is 11.0. The van der Waals surface area contributed by atoms with Crippen LogP contribution in [0.1, 0.15) is 386 Å². The van der Waals surface area contributed by atoms with E-state index in [4.69, 9.17) is 4.74 Å². The van der Waals surface area contributed by atoms with Crippen LogP contribution >= 0.6 is 0 Å². The summed E-state index contributed by atoms with van der Waals surface area (Å²) in [5.41, 5.74) is 0. The molecule has 2 atom stereocenters. The van der Waals surface area contributed by atoms with E-state index in [1.54, 1.807) is 6.08 Å². The minimum absolute atomic E-state index is 0.0127. The van der Waals surface area contributed by atoms with Crippen molar-refractivity contribution in [2.45, 2.75) is 398 Å². The standard InChI is InChI=1S/C72H137NO5/c1-3-5-7-9-11-13-15-17-19-21-29-34-38-42-46-50-54-58-62-66-72(77)78-67-63-59-55-51-47-43-39-35-31-28-26-24-22-23-25-27-30-33-37-41-45-49-53-57-61-65-71(76)73-69(68-74)70(75)64-60-56-52-48-44-40-36-32-20-18-16-14-12-10-8-6-4-2/h11,13,17,19,60,64,69-70,74-75H,3-10,12,14-16,18,20-59,61-63,65-68H2,1-2H3,(H,73,76)/b13-11-,19-17-,64-60+. The second-order valence-corrected chi connectivity index (χ2v) is 24.2. The topological polar surface area (TPSA) is 95.9 Å². The Morgan fingerprint density at radius 3 is 1.00 bits per heavy atom. The molecule has 0 aromatic heterocycles. The molecule has 0 aromatic carbocycles. The van der Waals surface area contributed by atoms with Gasteiger partial charge in [0.05, 0.1) is 25.4 Å². The Bertz CT molecular complexity index is 1260. The lowest BCUT2D eigenvalue weighted by Gasteiger charge is -2.20. The van der Waals surface area contributed by atoms with E-state index in [9.17, 15) is 19.8 Å². The van der Waals surface area contributed by atoms with Gasteiger partial charge in [-0.15, -0.1) is 0 Å². The molecule has 6 heteroatoms. The van der Waals surface area contributed by atoms with Gasteiger partial charge in [-0.2, -0.15) is 0 Å². The maximum atomic E-state index is 12.5. The highest BCUT2D eigenvalue weighted by Gasteiger charge is 2.18. The van der Waals surface area contributed by atoms with Crippen LogP contribution in [0.4, 0.5) is 0 Å². The zero-order valence-electron chi connectivity index (χ0n) is 52.7. The predicted molar refractivity (Wildman–Crippen MR) is 343 cm³/mol. The molecule has 0 aliphatic rings. The van der Waals surface area contributed by atoms with E-state index < -0.39 is 12.1 Å². The van der Waals surface area contributed by atoms with Crippen LogP contribution in [0, 0.1) is 0 Å². The van der Waals surface area contributed by atoms with Gasteiger partial charge in [0.15, 0.2) is 0 Å². The molecule has 0 saturated carbocycles. The number of esters is 1. The summed E-state index contributed by atoms with van der Waals surface area (Å²) in [4.78, 5) is 24.6. The first-order chi connectivity index (χ1) is 38.5. The molecule has 0 aliphatic carbocycles. The largest absolute Gasteiger partial charge is 0.466 e. The number of aliphatic hydroxyl groups excluding tert-OH is 2. The summed E-state index contributed by atoms with van der Waals surface area (Å²) >= 11 is 0. The number of hydrogen-bond acceptors (Lipinski definition) is 5. The Hall–Kier alpha value is -1.92. The van der Waals surface area contributed by atoms with E-state index in [-0.39, 0.29) is 18.5 Å². The fourth-order valence-corrected chi connectivity index (χ4v) is 11.0. The Labute approximate surface area is 487 Å². The van der Waals surface area contributed by atoms with E-state index >= 15 is 0 Å². The van der Waals surface area contributed by atoms with Crippen LogP contribution in [-0.4, -0.2) is 47.4 Å². The minimum atomic E-state index is -0.844. The number of allylic oxidation sites excluding steroid dienone is 5. The molecule has 0 radical (unpaired) electrons. The molecule has 0 heterocycles. The average Bonchev–Trinajstić information content (AvgIpc) is 3.44. The number of aliphatic hydroxyl groups is 2. The minimum Gasteiger partial charge on any atom is -0.466 e. The van der Waals surface area contributed by atoms with Crippen molar-refractivity contribution in [3.63, 3.8) is 0 Å². The first-order valence-electron chi connectivity index (χ1n) is 35.3. The van der Waals surface area contributed by atoms with Gasteiger partial charge in [-0.3, -0.25) is 9.59 Å². The molecular formula is C72H137NO5. The smallest absolute Gasteiger partial charge is 0.305 e. The third-order valence-electron chi connectivity index (χ3n) is 16.4. The van der Waals surface area contributed by atoms with Crippen LogP contribution in [0.15, 0.2) is 36.5 Å². The summed E-state index contributed by atoms with van der Waals surface area (Å²) < 4.78 is 5.51. The molecule has 0 bridgehead atoms. The highest BCUT2D eigenvalue weighted by molar-refractivity contribution is 5.76. The van der Waals surface area contributed by atoms with E-state index in [1.807, 2.05) is 6.08 Å². The Balaban J connectivity index is 3.37. The summed E-state index contributed by atoms with van der Waals surface area (Å²) in [6.07, 6.45) is 86.4. The van der Waals surface area contributed by atoms with Gasteiger partial charge in [-0.1, -0.05) is 346 Å². The van der Waals surface area contributed by atoms with Crippen molar-refractivity contribution in [2.24, 2.45) is 0 Å². The summed E-state index contributed by atoms with van der Waals surface area (Å²) in [6, 6.07) is -0.627. The summed E-state index contributed by atoms with van der Waals surface area (Å²) in [7, 11) is 0. The maximum Gasteiger partial charge on any atom is 0.305 e. The number of amides is 1. The number of nitrogens with one attached hydrogen (secondary N) is 1. The molecule has 2 unspecified atom stereocenters. The van der Waals surface area contributed by atoms with Crippen LogP contribution in [-0.2, 0) is 14.3 Å². The number of ether oxygens (including phenoxy) is 1. The summed E-state index contributed by atoms with van der Waals surface area (Å²) in [5, 5.41) is 23.2. The molecular weight excluding hydrogens is 959 g/mol. The number of carbonyl (C=O) groups excluding carboxylic acids is 2.